The summed E-state index contributed by atoms with van der Waals surface area (Å²) in [6.45, 7) is 0. The maximum absolute atomic E-state index is 12.8. The highest BCUT2D eigenvalue weighted by Crippen LogP contribution is 2.64. The molecule has 6 rings (SSSR count). The smallest absolute Gasteiger partial charge is 0.408 e. The number of likely N-dealkylation sites (N-methyl/N-ethyl adjacent to an activating group) is 1. The summed E-state index contributed by atoms with van der Waals surface area (Å²) in [6, 6.07) is 17.6. The van der Waals surface area contributed by atoms with Crippen LogP contribution < -0.4 is 5.32 Å². The van der Waals surface area contributed by atoms with Crippen molar-refractivity contribution >= 4 is 6.09 Å². The number of nitrogens with one attached hydrogen (secondary N) is 1. The van der Waals surface area contributed by atoms with Crippen molar-refractivity contribution in [2.45, 2.75) is 37.1 Å². The number of benzene rings is 2. The lowest BCUT2D eigenvalue weighted by molar-refractivity contribution is -0.996. The van der Waals surface area contributed by atoms with E-state index in [-0.39, 0.29) is 23.7 Å². The molecule has 142 valence electrons. The monoisotopic (exact) mass is 373 g/mol. The zero-order valence-corrected chi connectivity index (χ0v) is 16.3. The molecule has 0 aromatic heterocycles. The van der Waals surface area contributed by atoms with E-state index in [1.54, 1.807) is 0 Å². The van der Waals surface area contributed by atoms with Crippen LogP contribution in [0.15, 0.2) is 60.7 Å². The molecule has 4 atom stereocenters. The number of alkyl carbamates (subject to hydrolysis) is 1. The zero-order valence-electron chi connectivity index (χ0n) is 16.3. The van der Waals surface area contributed by atoms with Crippen molar-refractivity contribution < 1.29 is 14.0 Å². The predicted molar refractivity (Wildman–Crippen MR) is 108 cm³/mol. The van der Waals surface area contributed by atoms with Crippen molar-refractivity contribution in [1.29, 1.82) is 0 Å². The second-order valence-electron chi connectivity index (χ2n) is 9.28. The Morgan fingerprint density at radius 3 is 2.29 bits per heavy atom. The first-order chi connectivity index (χ1) is 13.5. The molecule has 4 aliphatic rings. The van der Waals surface area contributed by atoms with Crippen LogP contribution in [0.5, 0.6) is 0 Å². The lowest BCUT2D eigenvalue weighted by atomic mass is 9.58. The molecule has 3 aliphatic carbocycles. The quantitative estimate of drug-likeness (QED) is 0.638. The van der Waals surface area contributed by atoms with Crippen molar-refractivity contribution in [3.05, 3.63) is 71.8 Å². The molecule has 2 aromatic rings. The number of hydrogen-bond acceptors (Lipinski definition) is 2. The van der Waals surface area contributed by atoms with Gasteiger partial charge in [0.05, 0.1) is 25.6 Å². The maximum atomic E-state index is 12.8. The highest BCUT2D eigenvalue weighted by Gasteiger charge is 2.74. The molecular weight excluding hydrogens is 348 g/mol. The minimum absolute atomic E-state index is 0.00393. The molecule has 2 aromatic carbocycles. The number of ether oxygens (including phenoxy) is 1. The van der Waals surface area contributed by atoms with Gasteiger partial charge in [-0.2, -0.15) is 0 Å². The van der Waals surface area contributed by atoms with Crippen LogP contribution in [0.25, 0.3) is 11.1 Å². The van der Waals surface area contributed by atoms with Gasteiger partial charge in [-0.1, -0.05) is 54.6 Å². The summed E-state index contributed by atoms with van der Waals surface area (Å²) >= 11 is 0. The third-order valence-corrected chi connectivity index (χ3v) is 7.72. The van der Waals surface area contributed by atoms with Crippen LogP contribution in [0, 0.1) is 5.41 Å². The molecule has 28 heavy (non-hydrogen) atoms. The number of carbonyl (C=O) groups is 1. The third kappa shape index (κ3) is 1.91. The maximum Gasteiger partial charge on any atom is 0.408 e. The minimum atomic E-state index is -0.302. The number of amides is 1. The van der Waals surface area contributed by atoms with E-state index in [9.17, 15) is 4.79 Å². The van der Waals surface area contributed by atoms with Crippen molar-refractivity contribution in [3.63, 3.8) is 0 Å². The highest BCUT2D eigenvalue weighted by atomic mass is 16.6. The van der Waals surface area contributed by atoms with E-state index in [1.807, 2.05) is 24.3 Å². The lowest BCUT2D eigenvalue weighted by Crippen LogP contribution is -2.79. The minimum Gasteiger partial charge on any atom is -0.446 e. The topological polar surface area (TPSA) is 38.3 Å². The zero-order chi connectivity index (χ0) is 19.1. The van der Waals surface area contributed by atoms with Gasteiger partial charge in [-0.25, -0.2) is 4.79 Å². The molecule has 1 spiro atoms. The first-order valence-electron chi connectivity index (χ1n) is 10.2. The van der Waals surface area contributed by atoms with Crippen LogP contribution in [0.2, 0.25) is 0 Å². The Balaban J connectivity index is 1.20. The molecule has 4 heteroatoms. The Bertz CT molecular complexity index is 981. The Morgan fingerprint density at radius 2 is 1.71 bits per heavy atom. The van der Waals surface area contributed by atoms with Gasteiger partial charge in [0.15, 0.2) is 0 Å². The van der Waals surface area contributed by atoms with Crippen LogP contribution in [-0.2, 0) is 4.74 Å². The molecule has 4 unspecified atom stereocenters. The molecule has 1 N–H and O–H groups in total. The van der Waals surface area contributed by atoms with Crippen LogP contribution in [-0.4, -0.2) is 42.9 Å². The molecule has 1 saturated carbocycles. The van der Waals surface area contributed by atoms with Crippen molar-refractivity contribution in [2.75, 3.05) is 14.1 Å². The third-order valence-electron chi connectivity index (χ3n) is 7.72. The van der Waals surface area contributed by atoms with Crippen LogP contribution in [0.4, 0.5) is 4.79 Å². The number of quaternary nitrogens is 1. The standard InChI is InChI=1S/C24H24N2O2/c1-26(2)20-11-12-24(20)14-15(13-21(24)26)28-23(27)25-22-18-9-5-3-7-16(18)17-8-4-6-10-19(17)22/h3-12,15,20-22H,13-14H2,1-2H3/p+1. The lowest BCUT2D eigenvalue weighted by Gasteiger charge is -2.66. The van der Waals surface area contributed by atoms with Gasteiger partial charge in [0.25, 0.3) is 0 Å². The van der Waals surface area contributed by atoms with Crippen LogP contribution in [0.3, 0.4) is 0 Å². The summed E-state index contributed by atoms with van der Waals surface area (Å²) in [7, 11) is 4.60. The molecule has 1 saturated heterocycles. The molecule has 1 heterocycles. The summed E-state index contributed by atoms with van der Waals surface area (Å²) in [4.78, 5) is 12.8. The molecule has 0 bridgehead atoms. The first kappa shape index (κ1) is 16.4. The number of likely N-dealkylation sites (tertiary alicyclic amines) is 1. The number of fused-ring (bicyclic) bond motifs is 3. The second-order valence-corrected chi connectivity index (χ2v) is 9.28. The van der Waals surface area contributed by atoms with E-state index < -0.39 is 0 Å². The molecular formula is C24H25N2O2+. The number of nitrogens with zero attached hydrogens (tertiary/aromatic N) is 1. The van der Waals surface area contributed by atoms with E-state index >= 15 is 0 Å². The summed E-state index contributed by atoms with van der Waals surface area (Å²) in [5.74, 6) is 0. The fourth-order valence-corrected chi connectivity index (χ4v) is 6.56. The summed E-state index contributed by atoms with van der Waals surface area (Å²) in [5, 5.41) is 3.15. The highest BCUT2D eigenvalue weighted by molar-refractivity contribution is 5.81. The van der Waals surface area contributed by atoms with Crippen LogP contribution >= 0.6 is 0 Å². The van der Waals surface area contributed by atoms with Gasteiger partial charge >= 0.3 is 6.09 Å². The molecule has 2 fully saturated rings. The largest absolute Gasteiger partial charge is 0.446 e. The predicted octanol–water partition coefficient (Wildman–Crippen LogP) is 4.03. The SMILES string of the molecule is C[N+]1(C)C2C=CC23CC(OC(=O)NC2c4ccccc4-c4ccccc42)CC31. The Labute approximate surface area is 165 Å². The Hall–Kier alpha value is -2.59. The number of rotatable bonds is 2. The second kappa shape index (κ2) is 5.26. The van der Waals surface area contributed by atoms with Crippen molar-refractivity contribution in [1.82, 2.24) is 5.32 Å². The summed E-state index contributed by atoms with van der Waals surface area (Å²) in [5.41, 5.74) is 4.96. The molecule has 1 amide bonds. The number of carbonyl (C=O) groups excluding carboxylic acids is 1. The van der Waals surface area contributed by atoms with Crippen molar-refractivity contribution in [3.8, 4) is 11.1 Å². The van der Waals surface area contributed by atoms with E-state index in [0.717, 1.165) is 28.5 Å². The molecule has 1 aliphatic heterocycles. The van der Waals surface area contributed by atoms with Gasteiger partial charge in [-0.15, -0.1) is 0 Å². The van der Waals surface area contributed by atoms with Gasteiger partial charge in [-0.05, 0) is 28.3 Å². The fourth-order valence-electron chi connectivity index (χ4n) is 6.56. The Kier molecular flexibility index (Phi) is 3.08. The van der Waals surface area contributed by atoms with E-state index in [2.05, 4.69) is 55.8 Å². The van der Waals surface area contributed by atoms with Gasteiger partial charge in [0.2, 0.25) is 0 Å². The van der Waals surface area contributed by atoms with Crippen LogP contribution in [0.1, 0.15) is 30.0 Å². The van der Waals surface area contributed by atoms with Gasteiger partial charge in [0, 0.05) is 12.8 Å². The molecule has 4 nitrogen and oxygen atoms in total. The van der Waals surface area contributed by atoms with E-state index in [1.165, 1.54) is 11.1 Å². The molecule has 0 radical (unpaired) electrons. The van der Waals surface area contributed by atoms with E-state index in [0.29, 0.717) is 12.1 Å². The fraction of sp³-hybridized carbons (Fsp3) is 0.375. The summed E-state index contributed by atoms with van der Waals surface area (Å²) < 4.78 is 6.96. The van der Waals surface area contributed by atoms with Crippen molar-refractivity contribution in [2.24, 2.45) is 5.41 Å². The summed E-state index contributed by atoms with van der Waals surface area (Å²) in [6.07, 6.45) is 6.31. The average molecular weight is 373 g/mol. The normalized spacial score (nSPS) is 33.0. The number of hydrogen-bond donors (Lipinski definition) is 1. The van der Waals surface area contributed by atoms with Gasteiger partial charge in [0.1, 0.15) is 18.2 Å². The van der Waals surface area contributed by atoms with Gasteiger partial charge < -0.3 is 14.5 Å². The first-order valence-corrected chi connectivity index (χ1v) is 10.2. The van der Waals surface area contributed by atoms with E-state index in [4.69, 9.17) is 4.74 Å². The average Bonchev–Trinajstić information content (AvgIpc) is 3.19. The Morgan fingerprint density at radius 1 is 1.07 bits per heavy atom. The van der Waals surface area contributed by atoms with Gasteiger partial charge in [-0.3, -0.25) is 0 Å².